The molecule has 0 aliphatic carbocycles. The number of benzene rings is 1. The molecule has 1 N–H and O–H groups in total. The Morgan fingerprint density at radius 1 is 1.33 bits per heavy atom. The highest BCUT2D eigenvalue weighted by Gasteiger charge is 2.31. The molecule has 0 heterocycles. The zero-order valence-electron chi connectivity index (χ0n) is 11.6. The second kappa shape index (κ2) is 7.98. The van der Waals surface area contributed by atoms with Gasteiger partial charge in [-0.05, 0) is 17.7 Å². The van der Waals surface area contributed by atoms with Gasteiger partial charge in [-0.3, -0.25) is 4.90 Å². The van der Waals surface area contributed by atoms with Crippen molar-refractivity contribution in [2.45, 2.75) is 12.3 Å². The Labute approximate surface area is 121 Å². The van der Waals surface area contributed by atoms with E-state index >= 15 is 0 Å². The standard InChI is InChI=1S/C14H17F3N2O2/c1-21-7-6-19(10-14(15,16)17)9-13(20)12-4-2-11(8-18)3-5-12/h2-5,13,20H,6-7,9-10H2,1H3. The predicted molar refractivity (Wildman–Crippen MR) is 70.5 cm³/mol. The number of nitriles is 1. The zero-order valence-corrected chi connectivity index (χ0v) is 11.6. The van der Waals surface area contributed by atoms with Crippen molar-refractivity contribution in [2.75, 3.05) is 33.4 Å². The summed E-state index contributed by atoms with van der Waals surface area (Å²) in [7, 11) is 1.41. The molecule has 1 unspecified atom stereocenters. The summed E-state index contributed by atoms with van der Waals surface area (Å²) in [6, 6.07) is 8.03. The molecule has 0 saturated carbocycles. The van der Waals surface area contributed by atoms with Crippen LogP contribution in [0.3, 0.4) is 0 Å². The summed E-state index contributed by atoms with van der Waals surface area (Å²) in [5.74, 6) is 0. The van der Waals surface area contributed by atoms with Crippen LogP contribution in [0.4, 0.5) is 13.2 Å². The minimum atomic E-state index is -4.34. The van der Waals surface area contributed by atoms with Crippen LogP contribution >= 0.6 is 0 Å². The molecule has 0 fully saturated rings. The molecule has 1 aromatic rings. The largest absolute Gasteiger partial charge is 0.401 e. The number of nitrogens with zero attached hydrogens (tertiary/aromatic N) is 2. The van der Waals surface area contributed by atoms with Gasteiger partial charge in [-0.15, -0.1) is 0 Å². The first-order valence-corrected chi connectivity index (χ1v) is 6.32. The van der Waals surface area contributed by atoms with Crippen molar-refractivity contribution in [1.82, 2.24) is 4.90 Å². The molecular weight excluding hydrogens is 285 g/mol. The van der Waals surface area contributed by atoms with E-state index < -0.39 is 18.8 Å². The third-order valence-electron chi connectivity index (χ3n) is 2.87. The monoisotopic (exact) mass is 302 g/mol. The number of methoxy groups -OCH3 is 1. The molecule has 0 spiro atoms. The Bertz CT molecular complexity index is 469. The van der Waals surface area contributed by atoms with Crippen LogP contribution in [0.15, 0.2) is 24.3 Å². The fourth-order valence-corrected chi connectivity index (χ4v) is 1.84. The number of rotatable bonds is 7. The van der Waals surface area contributed by atoms with Crippen molar-refractivity contribution in [3.05, 3.63) is 35.4 Å². The van der Waals surface area contributed by atoms with Crippen LogP contribution in [0, 0.1) is 11.3 Å². The molecular formula is C14H17F3N2O2. The van der Waals surface area contributed by atoms with Crippen LogP contribution in [0.2, 0.25) is 0 Å². The van der Waals surface area contributed by atoms with Gasteiger partial charge in [0.05, 0.1) is 30.9 Å². The van der Waals surface area contributed by atoms with Gasteiger partial charge in [-0.1, -0.05) is 12.1 Å². The molecule has 0 bridgehead atoms. The smallest absolute Gasteiger partial charge is 0.387 e. The summed E-state index contributed by atoms with van der Waals surface area (Å²) in [5.41, 5.74) is 0.899. The van der Waals surface area contributed by atoms with Crippen molar-refractivity contribution < 1.29 is 23.0 Å². The van der Waals surface area contributed by atoms with E-state index in [9.17, 15) is 18.3 Å². The van der Waals surface area contributed by atoms with Gasteiger partial charge in [0.15, 0.2) is 0 Å². The van der Waals surface area contributed by atoms with Gasteiger partial charge in [-0.2, -0.15) is 18.4 Å². The van der Waals surface area contributed by atoms with E-state index in [0.717, 1.165) is 4.90 Å². The zero-order chi connectivity index (χ0) is 15.9. The number of hydrogen-bond donors (Lipinski definition) is 1. The van der Waals surface area contributed by atoms with E-state index in [0.29, 0.717) is 11.1 Å². The first-order chi connectivity index (χ1) is 9.85. The number of ether oxygens (including phenoxy) is 1. The van der Waals surface area contributed by atoms with E-state index in [1.807, 2.05) is 6.07 Å². The number of aliphatic hydroxyl groups excluding tert-OH is 1. The van der Waals surface area contributed by atoms with Crippen LogP contribution < -0.4 is 0 Å². The van der Waals surface area contributed by atoms with Gasteiger partial charge >= 0.3 is 6.18 Å². The van der Waals surface area contributed by atoms with Gasteiger partial charge in [-0.25, -0.2) is 0 Å². The fraction of sp³-hybridized carbons (Fsp3) is 0.500. The first kappa shape index (κ1) is 17.4. The summed E-state index contributed by atoms with van der Waals surface area (Å²) in [5, 5.41) is 18.7. The van der Waals surface area contributed by atoms with Crippen LogP contribution in [-0.2, 0) is 4.74 Å². The van der Waals surface area contributed by atoms with Crippen molar-refractivity contribution in [2.24, 2.45) is 0 Å². The Kier molecular flexibility index (Phi) is 6.62. The SMILES string of the molecule is COCCN(CC(O)c1ccc(C#N)cc1)CC(F)(F)F. The summed E-state index contributed by atoms with van der Waals surface area (Å²) in [6.07, 6.45) is -5.39. The van der Waals surface area contributed by atoms with Crippen LogP contribution in [0.25, 0.3) is 0 Å². The molecule has 1 atom stereocenters. The minimum absolute atomic E-state index is 0.0728. The molecule has 0 aliphatic heterocycles. The van der Waals surface area contributed by atoms with E-state index in [4.69, 9.17) is 10.00 Å². The van der Waals surface area contributed by atoms with Crippen molar-refractivity contribution in [1.29, 1.82) is 5.26 Å². The second-order valence-corrected chi connectivity index (χ2v) is 4.59. The number of hydrogen-bond acceptors (Lipinski definition) is 4. The molecule has 0 aliphatic rings. The Morgan fingerprint density at radius 3 is 2.43 bits per heavy atom. The van der Waals surface area contributed by atoms with Gasteiger partial charge in [0.25, 0.3) is 0 Å². The van der Waals surface area contributed by atoms with Crippen LogP contribution in [0.1, 0.15) is 17.2 Å². The summed E-state index contributed by atoms with van der Waals surface area (Å²) < 4.78 is 42.2. The molecule has 0 amide bonds. The molecule has 0 aromatic heterocycles. The predicted octanol–water partition coefficient (Wildman–Crippen LogP) is 2.10. The third kappa shape index (κ3) is 6.58. The lowest BCUT2D eigenvalue weighted by Crippen LogP contribution is -2.39. The summed E-state index contributed by atoms with van der Waals surface area (Å²) in [4.78, 5) is 1.09. The normalized spacial score (nSPS) is 13.2. The number of alkyl halides is 3. The molecule has 0 saturated heterocycles. The van der Waals surface area contributed by atoms with E-state index in [2.05, 4.69) is 0 Å². The molecule has 7 heteroatoms. The third-order valence-corrected chi connectivity index (χ3v) is 2.87. The fourth-order valence-electron chi connectivity index (χ4n) is 1.84. The Morgan fingerprint density at radius 2 is 1.95 bits per heavy atom. The topological polar surface area (TPSA) is 56.5 Å². The highest BCUT2D eigenvalue weighted by Crippen LogP contribution is 2.20. The van der Waals surface area contributed by atoms with Gasteiger partial charge < -0.3 is 9.84 Å². The molecule has 4 nitrogen and oxygen atoms in total. The van der Waals surface area contributed by atoms with Gasteiger partial charge in [0.1, 0.15) is 0 Å². The van der Waals surface area contributed by atoms with E-state index in [1.165, 1.54) is 31.4 Å². The second-order valence-electron chi connectivity index (χ2n) is 4.59. The molecule has 21 heavy (non-hydrogen) atoms. The highest BCUT2D eigenvalue weighted by atomic mass is 19.4. The lowest BCUT2D eigenvalue weighted by molar-refractivity contribution is -0.149. The Hall–Kier alpha value is -1.62. The maximum Gasteiger partial charge on any atom is 0.401 e. The average Bonchev–Trinajstić information content (AvgIpc) is 2.43. The number of halogens is 3. The lowest BCUT2D eigenvalue weighted by atomic mass is 10.1. The first-order valence-electron chi connectivity index (χ1n) is 6.32. The van der Waals surface area contributed by atoms with Crippen molar-refractivity contribution in [3.8, 4) is 6.07 Å². The van der Waals surface area contributed by atoms with Crippen molar-refractivity contribution >= 4 is 0 Å². The molecule has 1 aromatic carbocycles. The highest BCUT2D eigenvalue weighted by molar-refractivity contribution is 5.32. The van der Waals surface area contributed by atoms with E-state index in [-0.39, 0.29) is 19.7 Å². The summed E-state index contributed by atoms with van der Waals surface area (Å²) >= 11 is 0. The Balaban J connectivity index is 2.69. The van der Waals surface area contributed by atoms with Gasteiger partial charge in [0.2, 0.25) is 0 Å². The molecule has 0 radical (unpaired) electrons. The van der Waals surface area contributed by atoms with E-state index in [1.54, 1.807) is 0 Å². The maximum absolute atomic E-state index is 12.5. The number of aliphatic hydroxyl groups is 1. The minimum Gasteiger partial charge on any atom is -0.387 e. The maximum atomic E-state index is 12.5. The van der Waals surface area contributed by atoms with Crippen molar-refractivity contribution in [3.63, 3.8) is 0 Å². The average molecular weight is 302 g/mol. The quantitative estimate of drug-likeness (QED) is 0.838. The summed E-state index contributed by atoms with van der Waals surface area (Å²) in [6.45, 7) is -1.04. The van der Waals surface area contributed by atoms with Gasteiger partial charge in [0, 0.05) is 20.2 Å². The van der Waals surface area contributed by atoms with Crippen LogP contribution in [-0.4, -0.2) is 49.5 Å². The molecule has 116 valence electrons. The molecule has 1 rings (SSSR count). The van der Waals surface area contributed by atoms with Crippen LogP contribution in [0.5, 0.6) is 0 Å². The lowest BCUT2D eigenvalue weighted by Gasteiger charge is -2.25.